The van der Waals surface area contributed by atoms with Crippen molar-refractivity contribution in [3.8, 4) is 0 Å². The second kappa shape index (κ2) is 7.49. The van der Waals surface area contributed by atoms with E-state index in [-0.39, 0.29) is 23.8 Å². The zero-order valence-electron chi connectivity index (χ0n) is 15.9. The van der Waals surface area contributed by atoms with E-state index in [0.29, 0.717) is 31.1 Å². The van der Waals surface area contributed by atoms with Crippen LogP contribution in [0.1, 0.15) is 56.9 Å². The minimum absolute atomic E-state index is 0.000636. The lowest BCUT2D eigenvalue weighted by Gasteiger charge is -2.43. The minimum Gasteiger partial charge on any atom is -0.353 e. The Hall–Kier alpha value is -2.11. The molecular formula is C21H28FN3O2. The topological polar surface area (TPSA) is 52.7 Å². The molecule has 2 bridgehead atoms. The fourth-order valence-corrected chi connectivity index (χ4v) is 5.16. The number of rotatable bonds is 2. The highest BCUT2D eigenvalue weighted by atomic mass is 19.1. The van der Waals surface area contributed by atoms with Gasteiger partial charge in [-0.25, -0.2) is 9.18 Å². The van der Waals surface area contributed by atoms with Crippen molar-refractivity contribution in [1.82, 2.24) is 15.1 Å². The largest absolute Gasteiger partial charge is 0.353 e. The number of carbonyl (C=O) groups is 2. The van der Waals surface area contributed by atoms with Gasteiger partial charge in [0.15, 0.2) is 0 Å². The van der Waals surface area contributed by atoms with Crippen LogP contribution in [0.15, 0.2) is 24.3 Å². The van der Waals surface area contributed by atoms with Crippen LogP contribution in [-0.2, 0) is 4.79 Å². The predicted octanol–water partition coefficient (Wildman–Crippen LogP) is 3.26. The third kappa shape index (κ3) is 3.80. The van der Waals surface area contributed by atoms with Crippen molar-refractivity contribution in [2.75, 3.05) is 13.1 Å². The molecule has 5 nitrogen and oxygen atoms in total. The maximum Gasteiger partial charge on any atom is 0.320 e. The lowest BCUT2D eigenvalue weighted by molar-refractivity contribution is -0.119. The summed E-state index contributed by atoms with van der Waals surface area (Å²) in [7, 11) is 0. The number of nitrogens with one attached hydrogen (secondary N) is 1. The Labute approximate surface area is 159 Å². The number of piperidine rings is 2. The van der Waals surface area contributed by atoms with E-state index in [9.17, 15) is 14.0 Å². The first-order chi connectivity index (χ1) is 13.0. The molecule has 0 radical (unpaired) electrons. The maximum atomic E-state index is 13.2. The number of nitrogens with zero attached hydrogens (tertiary/aromatic N) is 2. The lowest BCUT2D eigenvalue weighted by Crippen LogP contribution is -2.55. The molecule has 3 heterocycles. The van der Waals surface area contributed by atoms with Crippen LogP contribution < -0.4 is 5.32 Å². The molecule has 0 aliphatic carbocycles. The van der Waals surface area contributed by atoms with Crippen molar-refractivity contribution < 1.29 is 14.0 Å². The highest BCUT2D eigenvalue weighted by molar-refractivity contribution is 5.76. The van der Waals surface area contributed by atoms with Gasteiger partial charge in [0.1, 0.15) is 5.82 Å². The Morgan fingerprint density at radius 1 is 1.00 bits per heavy atom. The van der Waals surface area contributed by atoms with E-state index in [1.165, 1.54) is 17.7 Å². The lowest BCUT2D eigenvalue weighted by atomic mass is 9.85. The molecule has 3 fully saturated rings. The van der Waals surface area contributed by atoms with Gasteiger partial charge in [-0.3, -0.25) is 4.79 Å². The maximum absolute atomic E-state index is 13.2. The van der Waals surface area contributed by atoms with Gasteiger partial charge in [-0.15, -0.1) is 0 Å². The van der Waals surface area contributed by atoms with E-state index in [2.05, 4.69) is 10.2 Å². The van der Waals surface area contributed by atoms with E-state index < -0.39 is 0 Å². The number of hydrogen-bond acceptors (Lipinski definition) is 2. The molecule has 3 saturated heterocycles. The molecule has 146 valence electrons. The molecule has 3 amide bonds. The molecule has 0 spiro atoms. The van der Waals surface area contributed by atoms with Crippen LogP contribution in [-0.4, -0.2) is 53.0 Å². The summed E-state index contributed by atoms with van der Waals surface area (Å²) in [5, 5.41) is 2.96. The number of likely N-dealkylation sites (tertiary alicyclic amines) is 1. The molecule has 1 unspecified atom stereocenters. The van der Waals surface area contributed by atoms with E-state index in [0.717, 1.165) is 38.5 Å². The second-order valence-electron chi connectivity index (χ2n) is 8.26. The fourth-order valence-electron chi connectivity index (χ4n) is 5.16. The van der Waals surface area contributed by atoms with Gasteiger partial charge in [0, 0.05) is 38.1 Å². The summed E-state index contributed by atoms with van der Waals surface area (Å²) in [6, 6.07) is 7.79. The molecular weight excluding hydrogens is 345 g/mol. The quantitative estimate of drug-likeness (QED) is 0.865. The van der Waals surface area contributed by atoms with Gasteiger partial charge < -0.3 is 15.1 Å². The van der Waals surface area contributed by atoms with Gasteiger partial charge in [0.25, 0.3) is 0 Å². The Balaban J connectivity index is 1.37. The summed E-state index contributed by atoms with van der Waals surface area (Å²) < 4.78 is 13.2. The second-order valence-corrected chi connectivity index (χ2v) is 8.26. The van der Waals surface area contributed by atoms with Crippen molar-refractivity contribution in [2.45, 2.75) is 69.5 Å². The smallest absolute Gasteiger partial charge is 0.320 e. The zero-order chi connectivity index (χ0) is 19.0. The first kappa shape index (κ1) is 18.3. The van der Waals surface area contributed by atoms with Crippen LogP contribution in [0.4, 0.5) is 9.18 Å². The van der Waals surface area contributed by atoms with Gasteiger partial charge in [-0.1, -0.05) is 12.1 Å². The van der Waals surface area contributed by atoms with Crippen molar-refractivity contribution in [2.24, 2.45) is 0 Å². The molecule has 6 heteroatoms. The molecule has 3 aliphatic heterocycles. The van der Waals surface area contributed by atoms with E-state index in [1.807, 2.05) is 17.0 Å². The Morgan fingerprint density at radius 3 is 2.15 bits per heavy atom. The van der Waals surface area contributed by atoms with Gasteiger partial charge in [-0.2, -0.15) is 0 Å². The van der Waals surface area contributed by atoms with Crippen molar-refractivity contribution in [3.05, 3.63) is 35.6 Å². The Morgan fingerprint density at radius 2 is 1.59 bits per heavy atom. The summed E-state index contributed by atoms with van der Waals surface area (Å²) in [5.41, 5.74) is 1.19. The summed E-state index contributed by atoms with van der Waals surface area (Å²) in [6.45, 7) is 2.96. The summed E-state index contributed by atoms with van der Waals surface area (Å²) in [4.78, 5) is 28.4. The third-order valence-corrected chi connectivity index (χ3v) is 6.47. The van der Waals surface area contributed by atoms with Crippen LogP contribution in [0, 0.1) is 5.82 Å². The summed E-state index contributed by atoms with van der Waals surface area (Å²) >= 11 is 0. The number of amides is 3. The average molecular weight is 373 g/mol. The van der Waals surface area contributed by atoms with Gasteiger partial charge in [-0.05, 0) is 62.1 Å². The number of benzene rings is 1. The summed E-state index contributed by atoms with van der Waals surface area (Å²) in [5.74, 6) is 0.218. The molecule has 1 N–H and O–H groups in total. The zero-order valence-corrected chi connectivity index (χ0v) is 15.9. The van der Waals surface area contributed by atoms with Crippen LogP contribution >= 0.6 is 0 Å². The van der Waals surface area contributed by atoms with Gasteiger partial charge >= 0.3 is 6.03 Å². The van der Waals surface area contributed by atoms with Gasteiger partial charge in [0.05, 0.1) is 0 Å². The standard InChI is InChI=1S/C21H28FN3O2/c1-14(26)23-18-8-10-24(11-9-18)21(27)25-19-6-7-20(25)13-16(12-19)15-2-4-17(22)5-3-15/h2-5,16,18-20H,6-13H2,1H3,(H,23,26)/t16?,19-,20+. The van der Waals surface area contributed by atoms with E-state index >= 15 is 0 Å². The number of urea groups is 1. The van der Waals surface area contributed by atoms with Crippen LogP contribution in [0.25, 0.3) is 0 Å². The van der Waals surface area contributed by atoms with Crippen molar-refractivity contribution in [3.63, 3.8) is 0 Å². The van der Waals surface area contributed by atoms with E-state index in [1.54, 1.807) is 6.92 Å². The first-order valence-electron chi connectivity index (χ1n) is 10.1. The van der Waals surface area contributed by atoms with Crippen LogP contribution in [0.2, 0.25) is 0 Å². The minimum atomic E-state index is -0.197. The molecule has 1 aromatic rings. The van der Waals surface area contributed by atoms with E-state index in [4.69, 9.17) is 0 Å². The first-order valence-corrected chi connectivity index (χ1v) is 10.1. The van der Waals surface area contributed by atoms with Crippen LogP contribution in [0.3, 0.4) is 0 Å². The molecule has 0 saturated carbocycles. The fraction of sp³-hybridized carbons (Fsp3) is 0.619. The number of hydrogen-bond donors (Lipinski definition) is 1. The molecule has 3 aliphatic rings. The highest BCUT2D eigenvalue weighted by Crippen LogP contribution is 2.43. The monoisotopic (exact) mass is 373 g/mol. The normalized spacial score (nSPS) is 28.3. The van der Waals surface area contributed by atoms with Gasteiger partial charge in [0.2, 0.25) is 5.91 Å². The van der Waals surface area contributed by atoms with Crippen molar-refractivity contribution in [1.29, 1.82) is 0 Å². The van der Waals surface area contributed by atoms with Crippen molar-refractivity contribution >= 4 is 11.9 Å². The number of carbonyl (C=O) groups excluding carboxylic acids is 2. The molecule has 0 aromatic heterocycles. The highest BCUT2D eigenvalue weighted by Gasteiger charge is 2.45. The predicted molar refractivity (Wildman–Crippen MR) is 101 cm³/mol. The molecule has 3 atom stereocenters. The SMILES string of the molecule is CC(=O)NC1CCN(C(=O)N2[C@@H]3CC[C@H]2CC(c2ccc(F)cc2)C3)CC1. The number of fused-ring (bicyclic) bond motifs is 2. The average Bonchev–Trinajstić information content (AvgIpc) is 2.91. The molecule has 1 aromatic carbocycles. The summed E-state index contributed by atoms with van der Waals surface area (Å²) in [6.07, 6.45) is 5.72. The van der Waals surface area contributed by atoms with Crippen LogP contribution in [0.5, 0.6) is 0 Å². The number of halogens is 1. The Bertz CT molecular complexity index is 686. The third-order valence-electron chi connectivity index (χ3n) is 6.47. The molecule has 4 rings (SSSR count). The Kier molecular flexibility index (Phi) is 5.06. The molecule has 27 heavy (non-hydrogen) atoms.